The van der Waals surface area contributed by atoms with E-state index in [0.717, 1.165) is 18.9 Å². The quantitative estimate of drug-likeness (QED) is 0.212. The maximum atomic E-state index is 14.7. The molecular weight excluding hydrogens is 509 g/mol. The molecular formula is C28H44FN3O7. The molecule has 0 aromatic heterocycles. The van der Waals surface area contributed by atoms with Gasteiger partial charge in [-0.3, -0.25) is 9.59 Å². The van der Waals surface area contributed by atoms with E-state index in [9.17, 15) is 23.6 Å². The average molecular weight is 554 g/mol. The summed E-state index contributed by atoms with van der Waals surface area (Å²) in [4.78, 5) is 50.3. The van der Waals surface area contributed by atoms with Gasteiger partial charge in [-0.15, -0.1) is 0 Å². The second kappa shape index (κ2) is 15.4. The minimum absolute atomic E-state index is 0.124. The molecule has 0 bridgehead atoms. The van der Waals surface area contributed by atoms with E-state index in [1.165, 1.54) is 24.1 Å². The second-order valence-corrected chi connectivity index (χ2v) is 11.3. The van der Waals surface area contributed by atoms with Gasteiger partial charge in [0.2, 0.25) is 5.91 Å². The number of carbonyl (C=O) groups is 4. The molecule has 39 heavy (non-hydrogen) atoms. The minimum atomic E-state index is -1.16. The monoisotopic (exact) mass is 553 g/mol. The molecule has 220 valence electrons. The predicted octanol–water partition coefficient (Wildman–Crippen LogP) is 4.09. The molecule has 1 rings (SSSR count). The molecule has 2 amide bonds. The Bertz CT molecular complexity index is 986. The summed E-state index contributed by atoms with van der Waals surface area (Å²) >= 11 is 0. The average Bonchev–Trinajstić information content (AvgIpc) is 2.80. The Hall–Kier alpha value is -3.21. The zero-order chi connectivity index (χ0) is 29.8. The van der Waals surface area contributed by atoms with Crippen molar-refractivity contribution in [2.75, 3.05) is 20.2 Å². The highest BCUT2D eigenvalue weighted by atomic mass is 19.1. The standard InChI is InChI=1S/C28H44FN3O7/c1-27(2,3)38-25(35)19-12-13-21(29)20(16-19)18-32(24(34)22(30)17-23(33)37-7)15-11-9-8-10-14-31-26(36)39-28(4,5)6/h12-13,16,22H,8-11,14-15,17-18,30H2,1-7H3,(H,31,36)/t22-/m0/s1. The number of amides is 2. The summed E-state index contributed by atoms with van der Waals surface area (Å²) in [6.07, 6.45) is 2.00. The fourth-order valence-electron chi connectivity index (χ4n) is 3.50. The topological polar surface area (TPSA) is 137 Å². The third kappa shape index (κ3) is 13.9. The lowest BCUT2D eigenvalue weighted by molar-refractivity contribution is -0.144. The van der Waals surface area contributed by atoms with Crippen LogP contribution >= 0.6 is 0 Å². The second-order valence-electron chi connectivity index (χ2n) is 11.3. The van der Waals surface area contributed by atoms with Gasteiger partial charge in [0, 0.05) is 25.2 Å². The van der Waals surface area contributed by atoms with E-state index in [1.54, 1.807) is 41.5 Å². The molecule has 3 N–H and O–H groups in total. The number of halogens is 1. The normalized spacial score (nSPS) is 12.3. The molecule has 0 aliphatic rings. The number of benzene rings is 1. The molecule has 0 radical (unpaired) electrons. The SMILES string of the molecule is COC(=O)C[C@H](N)C(=O)N(CCCCCCNC(=O)OC(C)(C)C)Cc1cc(C(=O)OC(C)(C)C)ccc1F. The van der Waals surface area contributed by atoms with Crippen molar-refractivity contribution in [3.63, 3.8) is 0 Å². The number of rotatable bonds is 13. The molecule has 11 heteroatoms. The number of hydrogen-bond acceptors (Lipinski definition) is 8. The van der Waals surface area contributed by atoms with Crippen molar-refractivity contribution in [2.24, 2.45) is 5.73 Å². The summed E-state index contributed by atoms with van der Waals surface area (Å²) in [6, 6.07) is 2.68. The molecule has 0 fully saturated rings. The molecule has 0 heterocycles. The fraction of sp³-hybridized carbons (Fsp3) is 0.643. The van der Waals surface area contributed by atoms with Gasteiger partial charge in [-0.1, -0.05) is 12.8 Å². The number of hydrogen-bond donors (Lipinski definition) is 2. The van der Waals surface area contributed by atoms with E-state index in [-0.39, 0.29) is 30.6 Å². The Morgan fingerprint density at radius 3 is 2.18 bits per heavy atom. The highest BCUT2D eigenvalue weighted by Crippen LogP contribution is 2.18. The smallest absolute Gasteiger partial charge is 0.407 e. The number of methoxy groups -OCH3 is 1. The Morgan fingerprint density at radius 1 is 0.974 bits per heavy atom. The lowest BCUT2D eigenvalue weighted by Crippen LogP contribution is -2.45. The zero-order valence-corrected chi connectivity index (χ0v) is 24.2. The summed E-state index contributed by atoms with van der Waals surface area (Å²) in [5.41, 5.74) is 4.95. The van der Waals surface area contributed by atoms with Crippen LogP contribution in [-0.4, -0.2) is 66.3 Å². The lowest BCUT2D eigenvalue weighted by atomic mass is 10.1. The molecule has 1 aromatic carbocycles. The highest BCUT2D eigenvalue weighted by molar-refractivity contribution is 5.90. The summed E-state index contributed by atoms with van der Waals surface area (Å²) in [5, 5.41) is 2.70. The number of esters is 2. The van der Waals surface area contributed by atoms with Crippen LogP contribution in [0.5, 0.6) is 0 Å². The van der Waals surface area contributed by atoms with Gasteiger partial charge < -0.3 is 30.2 Å². The van der Waals surface area contributed by atoms with Gasteiger partial charge in [0.1, 0.15) is 17.0 Å². The minimum Gasteiger partial charge on any atom is -0.469 e. The summed E-state index contributed by atoms with van der Waals surface area (Å²) in [6.45, 7) is 11.1. The van der Waals surface area contributed by atoms with Crippen LogP contribution in [0.15, 0.2) is 18.2 Å². The van der Waals surface area contributed by atoms with Crippen LogP contribution < -0.4 is 11.1 Å². The number of nitrogens with zero attached hydrogens (tertiary/aromatic N) is 1. The van der Waals surface area contributed by atoms with Crippen molar-refractivity contribution < 1.29 is 37.8 Å². The first kappa shape index (κ1) is 33.8. The highest BCUT2D eigenvalue weighted by Gasteiger charge is 2.25. The van der Waals surface area contributed by atoms with Crippen molar-refractivity contribution in [3.8, 4) is 0 Å². The van der Waals surface area contributed by atoms with Crippen LogP contribution in [0.25, 0.3) is 0 Å². The third-order valence-corrected chi connectivity index (χ3v) is 5.31. The first-order valence-electron chi connectivity index (χ1n) is 13.1. The van der Waals surface area contributed by atoms with Gasteiger partial charge in [0.25, 0.3) is 0 Å². The van der Waals surface area contributed by atoms with Crippen LogP contribution in [0.3, 0.4) is 0 Å². The molecule has 0 spiro atoms. The number of carbonyl (C=O) groups excluding carboxylic acids is 4. The van der Waals surface area contributed by atoms with E-state index < -0.39 is 47.0 Å². The molecule has 0 aliphatic heterocycles. The first-order chi connectivity index (χ1) is 18.0. The number of nitrogens with one attached hydrogen (secondary N) is 1. The Labute approximate surface area is 230 Å². The van der Waals surface area contributed by atoms with Crippen LogP contribution in [0.2, 0.25) is 0 Å². The number of unbranched alkanes of at least 4 members (excludes halogenated alkanes) is 3. The van der Waals surface area contributed by atoms with Gasteiger partial charge in [-0.25, -0.2) is 14.0 Å². The van der Waals surface area contributed by atoms with Crippen molar-refractivity contribution >= 4 is 23.9 Å². The molecule has 0 saturated heterocycles. The van der Waals surface area contributed by atoms with Crippen LogP contribution in [-0.2, 0) is 30.3 Å². The summed E-state index contributed by atoms with van der Waals surface area (Å²) in [5.74, 6) is -2.36. The van der Waals surface area contributed by atoms with Gasteiger partial charge in [-0.2, -0.15) is 0 Å². The van der Waals surface area contributed by atoms with Crippen molar-refractivity contribution in [1.82, 2.24) is 10.2 Å². The summed E-state index contributed by atoms with van der Waals surface area (Å²) < 4.78 is 29.9. The molecule has 0 unspecified atom stereocenters. The molecule has 1 atom stereocenters. The molecule has 0 aliphatic carbocycles. The van der Waals surface area contributed by atoms with Gasteiger partial charge in [-0.05, 0) is 72.6 Å². The van der Waals surface area contributed by atoms with E-state index in [0.29, 0.717) is 19.4 Å². The van der Waals surface area contributed by atoms with Gasteiger partial charge in [0.15, 0.2) is 0 Å². The Kier molecular flexibility index (Phi) is 13.4. The maximum Gasteiger partial charge on any atom is 0.407 e. The van der Waals surface area contributed by atoms with E-state index in [1.807, 2.05) is 0 Å². The van der Waals surface area contributed by atoms with Crippen molar-refractivity contribution in [1.29, 1.82) is 0 Å². The zero-order valence-electron chi connectivity index (χ0n) is 24.2. The Morgan fingerprint density at radius 2 is 1.59 bits per heavy atom. The largest absolute Gasteiger partial charge is 0.469 e. The van der Waals surface area contributed by atoms with E-state index in [4.69, 9.17) is 15.2 Å². The third-order valence-electron chi connectivity index (χ3n) is 5.31. The number of ether oxygens (including phenoxy) is 3. The Balaban J connectivity index is 2.84. The van der Waals surface area contributed by atoms with Gasteiger partial charge >= 0.3 is 18.0 Å². The fourth-order valence-corrected chi connectivity index (χ4v) is 3.50. The molecule has 10 nitrogen and oxygen atoms in total. The lowest BCUT2D eigenvalue weighted by Gasteiger charge is -2.26. The predicted molar refractivity (Wildman–Crippen MR) is 144 cm³/mol. The summed E-state index contributed by atoms with van der Waals surface area (Å²) in [7, 11) is 1.20. The van der Waals surface area contributed by atoms with E-state index in [2.05, 4.69) is 10.1 Å². The van der Waals surface area contributed by atoms with Crippen molar-refractivity contribution in [3.05, 3.63) is 35.1 Å². The van der Waals surface area contributed by atoms with Crippen LogP contribution in [0.4, 0.5) is 9.18 Å². The van der Waals surface area contributed by atoms with Crippen LogP contribution in [0.1, 0.15) is 89.6 Å². The first-order valence-corrected chi connectivity index (χ1v) is 13.1. The molecule has 0 saturated carbocycles. The molecule has 1 aromatic rings. The van der Waals surface area contributed by atoms with Crippen LogP contribution in [0, 0.1) is 5.82 Å². The van der Waals surface area contributed by atoms with Gasteiger partial charge in [0.05, 0.1) is 25.1 Å². The van der Waals surface area contributed by atoms with Crippen molar-refractivity contribution in [2.45, 2.75) is 97.4 Å². The number of alkyl carbamates (subject to hydrolysis) is 1. The number of nitrogens with two attached hydrogens (primary N) is 1. The maximum absolute atomic E-state index is 14.7. The van der Waals surface area contributed by atoms with E-state index >= 15 is 0 Å².